The molecule has 2 rings (SSSR count). The van der Waals surface area contributed by atoms with Crippen LogP contribution < -0.4 is 11.1 Å². The molecule has 1 aromatic rings. The minimum Gasteiger partial charge on any atom is -0.352 e. The second-order valence-electron chi connectivity index (χ2n) is 5.26. The molecule has 1 unspecified atom stereocenters. The van der Waals surface area contributed by atoms with Gasteiger partial charge in [0.25, 0.3) is 0 Å². The monoisotopic (exact) mass is 250 g/mol. The molecule has 1 heterocycles. The third-order valence-corrected chi connectivity index (χ3v) is 3.77. The molecule has 5 nitrogen and oxygen atoms in total. The molecule has 1 aliphatic rings. The highest BCUT2D eigenvalue weighted by atomic mass is 16.1. The summed E-state index contributed by atoms with van der Waals surface area (Å²) in [7, 11) is 1.91. The van der Waals surface area contributed by atoms with E-state index in [0.717, 1.165) is 17.0 Å². The first-order valence-corrected chi connectivity index (χ1v) is 6.50. The second-order valence-corrected chi connectivity index (χ2v) is 5.26. The summed E-state index contributed by atoms with van der Waals surface area (Å²) < 4.78 is 1.84. The van der Waals surface area contributed by atoms with Gasteiger partial charge in [-0.05, 0) is 32.6 Å². The Morgan fingerprint density at radius 3 is 2.72 bits per heavy atom. The highest BCUT2D eigenvalue weighted by Gasteiger charge is 2.29. The number of carbonyl (C=O) groups is 1. The maximum atomic E-state index is 11.8. The van der Waals surface area contributed by atoms with Crippen molar-refractivity contribution in [3.8, 4) is 0 Å². The summed E-state index contributed by atoms with van der Waals surface area (Å²) in [6.07, 6.45) is 2.79. The van der Waals surface area contributed by atoms with E-state index in [-0.39, 0.29) is 11.9 Å². The van der Waals surface area contributed by atoms with Crippen molar-refractivity contribution >= 4 is 5.91 Å². The summed E-state index contributed by atoms with van der Waals surface area (Å²) in [5.41, 5.74) is 9.11. The van der Waals surface area contributed by atoms with Gasteiger partial charge in [-0.15, -0.1) is 0 Å². The molecule has 0 radical (unpaired) electrons. The van der Waals surface area contributed by atoms with E-state index in [1.165, 1.54) is 12.8 Å². The number of hydrogen-bond acceptors (Lipinski definition) is 3. The normalized spacial score (nSPS) is 16.7. The largest absolute Gasteiger partial charge is 0.352 e. The lowest BCUT2D eigenvalue weighted by atomic mass is 10.1. The lowest BCUT2D eigenvalue weighted by Gasteiger charge is -2.10. The predicted octanol–water partition coefficient (Wildman–Crippen LogP) is 0.781. The summed E-state index contributed by atoms with van der Waals surface area (Å²) in [5.74, 6) is 0.606. The lowest BCUT2D eigenvalue weighted by Crippen LogP contribution is -2.32. The smallest absolute Gasteiger partial charge is 0.221 e. The van der Waals surface area contributed by atoms with Crippen LogP contribution in [-0.2, 0) is 18.4 Å². The van der Waals surface area contributed by atoms with Gasteiger partial charge in [0.15, 0.2) is 0 Å². The zero-order valence-electron chi connectivity index (χ0n) is 11.4. The second kappa shape index (κ2) is 5.10. The number of nitrogens with two attached hydrogens (primary N) is 1. The summed E-state index contributed by atoms with van der Waals surface area (Å²) in [5, 5.41) is 7.26. The number of carbonyl (C=O) groups excluding carboxylic acids is 1. The van der Waals surface area contributed by atoms with E-state index in [0.29, 0.717) is 18.9 Å². The molecule has 18 heavy (non-hydrogen) atoms. The third kappa shape index (κ3) is 2.90. The van der Waals surface area contributed by atoms with Crippen molar-refractivity contribution < 1.29 is 4.79 Å². The van der Waals surface area contributed by atoms with Gasteiger partial charge in [-0.2, -0.15) is 5.10 Å². The van der Waals surface area contributed by atoms with Crippen LogP contribution in [0.5, 0.6) is 0 Å². The number of rotatable bonds is 5. The van der Waals surface area contributed by atoms with Gasteiger partial charge >= 0.3 is 0 Å². The highest BCUT2D eigenvalue weighted by molar-refractivity contribution is 5.76. The maximum Gasteiger partial charge on any atom is 0.221 e. The Labute approximate surface area is 108 Å². The molecule has 1 saturated carbocycles. The summed E-state index contributed by atoms with van der Waals surface area (Å²) in [6, 6.07) is 0.0288. The van der Waals surface area contributed by atoms with Gasteiger partial charge in [0.05, 0.1) is 5.69 Å². The van der Waals surface area contributed by atoms with Crippen molar-refractivity contribution in [1.29, 1.82) is 0 Å². The van der Waals surface area contributed by atoms with E-state index in [4.69, 9.17) is 5.73 Å². The van der Waals surface area contributed by atoms with Crippen molar-refractivity contribution in [2.24, 2.45) is 18.7 Å². The maximum absolute atomic E-state index is 11.8. The number of aromatic nitrogens is 2. The molecule has 1 amide bonds. The van der Waals surface area contributed by atoms with Crippen LogP contribution in [0.25, 0.3) is 0 Å². The number of hydrogen-bond donors (Lipinski definition) is 2. The van der Waals surface area contributed by atoms with Crippen LogP contribution in [-0.4, -0.2) is 21.7 Å². The highest BCUT2D eigenvalue weighted by Crippen LogP contribution is 2.32. The molecular weight excluding hydrogens is 228 g/mol. The van der Waals surface area contributed by atoms with Crippen LogP contribution in [0, 0.1) is 19.8 Å². The first-order valence-electron chi connectivity index (χ1n) is 6.50. The molecule has 5 heteroatoms. The number of amides is 1. The fourth-order valence-electron chi connectivity index (χ4n) is 2.24. The molecule has 0 spiro atoms. The van der Waals surface area contributed by atoms with Gasteiger partial charge in [-0.1, -0.05) is 0 Å². The van der Waals surface area contributed by atoms with E-state index in [2.05, 4.69) is 10.4 Å². The Bertz CT molecular complexity index is 448. The van der Waals surface area contributed by atoms with Crippen LogP contribution in [0.4, 0.5) is 0 Å². The Morgan fingerprint density at radius 1 is 1.56 bits per heavy atom. The molecule has 1 aliphatic carbocycles. The molecule has 1 atom stereocenters. The lowest BCUT2D eigenvalue weighted by molar-refractivity contribution is -0.121. The zero-order chi connectivity index (χ0) is 13.3. The van der Waals surface area contributed by atoms with Crippen molar-refractivity contribution in [1.82, 2.24) is 15.1 Å². The fraction of sp³-hybridized carbons (Fsp3) is 0.692. The SMILES string of the molecule is Cc1nn(C)c(C)c1CNC(=O)CC(N)C1CC1. The molecular formula is C13H22N4O. The van der Waals surface area contributed by atoms with Gasteiger partial charge in [0.1, 0.15) is 0 Å². The minimum absolute atomic E-state index is 0.0288. The van der Waals surface area contributed by atoms with Crippen molar-refractivity contribution in [3.63, 3.8) is 0 Å². The van der Waals surface area contributed by atoms with Crippen LogP contribution in [0.2, 0.25) is 0 Å². The van der Waals surface area contributed by atoms with E-state index < -0.39 is 0 Å². The molecule has 3 N–H and O–H groups in total. The van der Waals surface area contributed by atoms with Gasteiger partial charge < -0.3 is 11.1 Å². The summed E-state index contributed by atoms with van der Waals surface area (Å²) in [6.45, 7) is 4.52. The standard InChI is InChI=1S/C13H22N4O/c1-8-11(9(2)17(3)16-8)7-15-13(18)6-12(14)10-4-5-10/h10,12H,4-7,14H2,1-3H3,(H,15,18). The van der Waals surface area contributed by atoms with Crippen molar-refractivity contribution in [3.05, 3.63) is 17.0 Å². The average molecular weight is 250 g/mol. The number of aryl methyl sites for hydroxylation is 2. The van der Waals surface area contributed by atoms with Crippen LogP contribution >= 0.6 is 0 Å². The van der Waals surface area contributed by atoms with E-state index in [1.807, 2.05) is 25.6 Å². The minimum atomic E-state index is 0.0288. The summed E-state index contributed by atoms with van der Waals surface area (Å²) in [4.78, 5) is 11.8. The molecule has 0 aliphatic heterocycles. The van der Waals surface area contributed by atoms with Gasteiger partial charge in [-0.25, -0.2) is 0 Å². The van der Waals surface area contributed by atoms with Gasteiger partial charge in [0, 0.05) is 37.3 Å². The first kappa shape index (κ1) is 13.1. The Balaban J connectivity index is 1.85. The topological polar surface area (TPSA) is 72.9 Å². The van der Waals surface area contributed by atoms with Crippen LogP contribution in [0.1, 0.15) is 36.2 Å². The summed E-state index contributed by atoms with van der Waals surface area (Å²) >= 11 is 0. The van der Waals surface area contributed by atoms with Crippen LogP contribution in [0.3, 0.4) is 0 Å². The third-order valence-electron chi connectivity index (χ3n) is 3.77. The molecule has 0 aromatic carbocycles. The molecule has 1 aromatic heterocycles. The number of nitrogens with one attached hydrogen (secondary N) is 1. The van der Waals surface area contributed by atoms with Gasteiger partial charge in [0.2, 0.25) is 5.91 Å². The van der Waals surface area contributed by atoms with Crippen LogP contribution in [0.15, 0.2) is 0 Å². The Hall–Kier alpha value is -1.36. The molecule has 100 valence electrons. The molecule has 0 saturated heterocycles. The van der Waals surface area contributed by atoms with E-state index in [9.17, 15) is 4.79 Å². The molecule has 1 fully saturated rings. The molecule has 0 bridgehead atoms. The van der Waals surface area contributed by atoms with Crippen molar-refractivity contribution in [2.75, 3.05) is 0 Å². The Morgan fingerprint density at radius 2 is 2.22 bits per heavy atom. The van der Waals surface area contributed by atoms with Gasteiger partial charge in [-0.3, -0.25) is 9.48 Å². The predicted molar refractivity (Wildman–Crippen MR) is 69.8 cm³/mol. The average Bonchev–Trinajstić information content (AvgIpc) is 3.08. The first-order chi connectivity index (χ1) is 8.49. The number of nitrogens with zero attached hydrogens (tertiary/aromatic N) is 2. The quantitative estimate of drug-likeness (QED) is 0.811. The van der Waals surface area contributed by atoms with E-state index in [1.54, 1.807) is 0 Å². The van der Waals surface area contributed by atoms with E-state index >= 15 is 0 Å². The van der Waals surface area contributed by atoms with Crippen molar-refractivity contribution in [2.45, 2.75) is 45.7 Å². The fourth-order valence-corrected chi connectivity index (χ4v) is 2.24. The zero-order valence-corrected chi connectivity index (χ0v) is 11.4. The Kier molecular flexibility index (Phi) is 3.71.